The number of aryl methyl sites for hydroxylation is 2. The number of carbonyl (C=O) groups is 1. The number of nitrogens with one attached hydrogen (secondary N) is 1. The van der Waals surface area contributed by atoms with Crippen LogP contribution in [0.4, 0.5) is 5.69 Å². The molecule has 3 nitrogen and oxygen atoms in total. The summed E-state index contributed by atoms with van der Waals surface area (Å²) in [6.07, 6.45) is 0. The Morgan fingerprint density at radius 3 is 2.33 bits per heavy atom. The van der Waals surface area contributed by atoms with Crippen LogP contribution >= 0.6 is 0 Å². The Balaban J connectivity index is 1.96. The molecule has 0 saturated heterocycles. The minimum atomic E-state index is -0.0313. The summed E-state index contributed by atoms with van der Waals surface area (Å²) in [5.74, 6) is -0.0313. The van der Waals surface area contributed by atoms with Crippen molar-refractivity contribution in [2.24, 2.45) is 0 Å². The van der Waals surface area contributed by atoms with Gasteiger partial charge >= 0.3 is 0 Å². The van der Waals surface area contributed by atoms with Gasteiger partial charge in [0, 0.05) is 23.6 Å². The summed E-state index contributed by atoms with van der Waals surface area (Å²) >= 11 is 0. The van der Waals surface area contributed by atoms with Crippen molar-refractivity contribution in [3.8, 4) is 0 Å². The first-order valence-electron chi connectivity index (χ1n) is 6.99. The Hall–Kier alpha value is -2.55. The molecule has 3 heteroatoms. The van der Waals surface area contributed by atoms with Gasteiger partial charge in [-0.3, -0.25) is 4.79 Å². The lowest BCUT2D eigenvalue weighted by Gasteiger charge is -2.17. The lowest BCUT2D eigenvalue weighted by Crippen LogP contribution is -2.26. The first-order valence-corrected chi connectivity index (χ1v) is 6.99. The van der Waals surface area contributed by atoms with Gasteiger partial charge in [0.15, 0.2) is 0 Å². The van der Waals surface area contributed by atoms with Gasteiger partial charge in [-0.05, 0) is 49.2 Å². The van der Waals surface area contributed by atoms with Gasteiger partial charge < -0.3 is 9.88 Å². The van der Waals surface area contributed by atoms with Crippen LogP contribution in [0.25, 0.3) is 10.9 Å². The van der Waals surface area contributed by atoms with E-state index in [1.54, 1.807) is 4.90 Å². The highest BCUT2D eigenvalue weighted by molar-refractivity contribution is 6.07. The van der Waals surface area contributed by atoms with E-state index in [9.17, 15) is 4.79 Å². The minimum Gasteiger partial charge on any atom is -0.351 e. The molecule has 1 heterocycles. The molecule has 2 aromatic carbocycles. The van der Waals surface area contributed by atoms with Crippen molar-refractivity contribution in [2.45, 2.75) is 13.8 Å². The molecule has 0 atom stereocenters. The molecule has 106 valence electrons. The van der Waals surface area contributed by atoms with Crippen molar-refractivity contribution in [1.82, 2.24) is 4.98 Å². The standard InChI is InChI=1S/C18H18N2O/c1-12-8-13(2)10-15(9-12)20(3)18(21)17-11-14-6-4-5-7-16(14)19-17/h4-11,19H,1-3H3. The first-order chi connectivity index (χ1) is 10.0. The molecular weight excluding hydrogens is 260 g/mol. The molecular formula is C18H18N2O. The number of H-pyrrole nitrogens is 1. The molecule has 1 aromatic heterocycles. The summed E-state index contributed by atoms with van der Waals surface area (Å²) < 4.78 is 0. The Bertz CT molecular complexity index is 764. The van der Waals surface area contributed by atoms with E-state index in [4.69, 9.17) is 0 Å². The molecule has 0 aliphatic carbocycles. The van der Waals surface area contributed by atoms with Gasteiger partial charge in [0.05, 0.1) is 0 Å². The van der Waals surface area contributed by atoms with E-state index in [2.05, 4.69) is 11.1 Å². The number of benzene rings is 2. The average Bonchev–Trinajstić information content (AvgIpc) is 2.88. The fraction of sp³-hybridized carbons (Fsp3) is 0.167. The van der Waals surface area contributed by atoms with Crippen LogP contribution in [0.5, 0.6) is 0 Å². The molecule has 21 heavy (non-hydrogen) atoms. The van der Waals surface area contributed by atoms with E-state index >= 15 is 0 Å². The number of rotatable bonds is 2. The zero-order valence-electron chi connectivity index (χ0n) is 12.5. The van der Waals surface area contributed by atoms with Gasteiger partial charge in [0.25, 0.3) is 5.91 Å². The fourth-order valence-electron chi connectivity index (χ4n) is 2.63. The van der Waals surface area contributed by atoms with Gasteiger partial charge in [-0.15, -0.1) is 0 Å². The summed E-state index contributed by atoms with van der Waals surface area (Å²) in [6.45, 7) is 4.08. The number of nitrogens with zero attached hydrogens (tertiary/aromatic N) is 1. The van der Waals surface area contributed by atoms with E-state index in [-0.39, 0.29) is 5.91 Å². The maximum atomic E-state index is 12.6. The minimum absolute atomic E-state index is 0.0313. The number of aromatic nitrogens is 1. The Labute approximate surface area is 124 Å². The third-order valence-electron chi connectivity index (χ3n) is 3.66. The number of para-hydroxylation sites is 1. The summed E-state index contributed by atoms with van der Waals surface area (Å²) in [6, 6.07) is 15.9. The number of fused-ring (bicyclic) bond motifs is 1. The quantitative estimate of drug-likeness (QED) is 0.754. The van der Waals surface area contributed by atoms with Crippen LogP contribution in [0.15, 0.2) is 48.5 Å². The van der Waals surface area contributed by atoms with Gasteiger partial charge in [0.2, 0.25) is 0 Å². The number of carbonyl (C=O) groups excluding carboxylic acids is 1. The van der Waals surface area contributed by atoms with Crippen molar-refractivity contribution < 1.29 is 4.79 Å². The van der Waals surface area contributed by atoms with Crippen LogP contribution in [-0.4, -0.2) is 17.9 Å². The number of hydrogen-bond donors (Lipinski definition) is 1. The van der Waals surface area contributed by atoms with E-state index in [0.29, 0.717) is 5.69 Å². The second-order valence-corrected chi connectivity index (χ2v) is 5.48. The van der Waals surface area contributed by atoms with Crippen molar-refractivity contribution in [3.05, 3.63) is 65.4 Å². The molecule has 0 saturated carbocycles. The zero-order valence-corrected chi connectivity index (χ0v) is 12.5. The SMILES string of the molecule is Cc1cc(C)cc(N(C)C(=O)c2cc3ccccc3[nH]2)c1. The van der Waals surface area contributed by atoms with Crippen LogP contribution in [-0.2, 0) is 0 Å². The summed E-state index contributed by atoms with van der Waals surface area (Å²) in [5, 5.41) is 1.05. The summed E-state index contributed by atoms with van der Waals surface area (Å²) in [5.41, 5.74) is 4.81. The monoisotopic (exact) mass is 278 g/mol. The predicted octanol–water partition coefficient (Wildman–Crippen LogP) is 4.06. The second-order valence-electron chi connectivity index (χ2n) is 5.48. The summed E-state index contributed by atoms with van der Waals surface area (Å²) in [4.78, 5) is 17.5. The van der Waals surface area contributed by atoms with Crippen molar-refractivity contribution in [2.75, 3.05) is 11.9 Å². The van der Waals surface area contributed by atoms with E-state index in [0.717, 1.165) is 27.7 Å². The maximum Gasteiger partial charge on any atom is 0.274 e. The van der Waals surface area contributed by atoms with Gasteiger partial charge in [-0.1, -0.05) is 24.3 Å². The van der Waals surface area contributed by atoms with Crippen LogP contribution in [0, 0.1) is 13.8 Å². The lowest BCUT2D eigenvalue weighted by molar-refractivity contribution is 0.0989. The smallest absolute Gasteiger partial charge is 0.274 e. The third-order valence-corrected chi connectivity index (χ3v) is 3.66. The van der Waals surface area contributed by atoms with Crippen molar-refractivity contribution >= 4 is 22.5 Å². The van der Waals surface area contributed by atoms with Crippen molar-refractivity contribution in [1.29, 1.82) is 0 Å². The lowest BCUT2D eigenvalue weighted by atomic mass is 10.1. The topological polar surface area (TPSA) is 36.1 Å². The van der Waals surface area contributed by atoms with Crippen LogP contribution in [0.3, 0.4) is 0 Å². The Morgan fingerprint density at radius 1 is 1.00 bits per heavy atom. The Kier molecular flexibility index (Phi) is 3.26. The molecule has 3 aromatic rings. The van der Waals surface area contributed by atoms with Crippen molar-refractivity contribution in [3.63, 3.8) is 0 Å². The second kappa shape index (κ2) is 5.09. The predicted molar refractivity (Wildman–Crippen MR) is 86.9 cm³/mol. The molecule has 0 radical (unpaired) electrons. The molecule has 3 rings (SSSR count). The first kappa shape index (κ1) is 13.4. The summed E-state index contributed by atoms with van der Waals surface area (Å²) in [7, 11) is 1.81. The maximum absolute atomic E-state index is 12.6. The number of anilines is 1. The van der Waals surface area contributed by atoms with Crippen LogP contribution < -0.4 is 4.90 Å². The number of aromatic amines is 1. The highest BCUT2D eigenvalue weighted by Crippen LogP contribution is 2.21. The van der Waals surface area contributed by atoms with E-state index < -0.39 is 0 Å². The molecule has 0 aliphatic rings. The molecule has 0 aliphatic heterocycles. The van der Waals surface area contributed by atoms with Gasteiger partial charge in [-0.25, -0.2) is 0 Å². The number of amides is 1. The fourth-order valence-corrected chi connectivity index (χ4v) is 2.63. The number of hydrogen-bond acceptors (Lipinski definition) is 1. The van der Waals surface area contributed by atoms with Crippen LogP contribution in [0.1, 0.15) is 21.6 Å². The zero-order chi connectivity index (χ0) is 15.0. The van der Waals surface area contributed by atoms with Crippen LogP contribution in [0.2, 0.25) is 0 Å². The highest BCUT2D eigenvalue weighted by Gasteiger charge is 2.16. The average molecular weight is 278 g/mol. The molecule has 0 bridgehead atoms. The molecule has 1 N–H and O–H groups in total. The molecule has 0 spiro atoms. The molecule has 0 fully saturated rings. The largest absolute Gasteiger partial charge is 0.351 e. The molecule has 1 amide bonds. The van der Waals surface area contributed by atoms with E-state index in [1.165, 1.54) is 0 Å². The third kappa shape index (κ3) is 2.55. The van der Waals surface area contributed by atoms with Gasteiger partial charge in [0.1, 0.15) is 5.69 Å². The normalized spacial score (nSPS) is 10.8. The molecule has 0 unspecified atom stereocenters. The Morgan fingerprint density at radius 2 is 1.67 bits per heavy atom. The highest BCUT2D eigenvalue weighted by atomic mass is 16.2. The van der Waals surface area contributed by atoms with Gasteiger partial charge in [-0.2, -0.15) is 0 Å². The van der Waals surface area contributed by atoms with E-state index in [1.807, 2.05) is 63.4 Å².